The van der Waals surface area contributed by atoms with Crippen molar-refractivity contribution in [1.82, 2.24) is 9.97 Å². The molecular formula is C21H16N2OS2. The summed E-state index contributed by atoms with van der Waals surface area (Å²) in [5, 5.41) is 2.53. The molecule has 4 rings (SSSR count). The van der Waals surface area contributed by atoms with Crippen LogP contribution in [0.4, 0.5) is 0 Å². The van der Waals surface area contributed by atoms with Crippen LogP contribution in [-0.2, 0) is 0 Å². The van der Waals surface area contributed by atoms with Crippen molar-refractivity contribution in [1.29, 1.82) is 0 Å². The summed E-state index contributed by atoms with van der Waals surface area (Å²) in [5.41, 5.74) is 1.80. The maximum atomic E-state index is 12.3. The first kappa shape index (κ1) is 16.9. The van der Waals surface area contributed by atoms with Gasteiger partial charge in [0.1, 0.15) is 10.7 Å². The highest BCUT2D eigenvalue weighted by atomic mass is 32.2. The van der Waals surface area contributed by atoms with Crippen molar-refractivity contribution in [2.24, 2.45) is 0 Å². The second-order valence-corrected chi connectivity index (χ2v) is 8.24. The van der Waals surface area contributed by atoms with E-state index in [1.54, 1.807) is 11.8 Å². The quantitative estimate of drug-likeness (QED) is 0.437. The summed E-state index contributed by atoms with van der Waals surface area (Å²) in [7, 11) is 0. The minimum atomic E-state index is -0.202. The molecular weight excluding hydrogens is 360 g/mol. The van der Waals surface area contributed by atoms with Crippen molar-refractivity contribution < 1.29 is 0 Å². The Morgan fingerprint density at radius 3 is 2.50 bits per heavy atom. The third kappa shape index (κ3) is 3.54. The lowest BCUT2D eigenvalue weighted by Gasteiger charge is -2.11. The minimum Gasteiger partial charge on any atom is -0.267 e. The molecule has 0 N–H and O–H groups in total. The maximum absolute atomic E-state index is 12.3. The molecule has 0 aliphatic rings. The molecule has 2 aromatic carbocycles. The Hall–Kier alpha value is -2.50. The summed E-state index contributed by atoms with van der Waals surface area (Å²) in [6.45, 7) is 2.17. The Kier molecular flexibility index (Phi) is 4.82. The van der Waals surface area contributed by atoms with Crippen molar-refractivity contribution >= 4 is 33.2 Å². The van der Waals surface area contributed by atoms with E-state index in [2.05, 4.69) is 24.0 Å². The molecule has 0 aliphatic heterocycles. The minimum absolute atomic E-state index is 0.202. The molecule has 0 radical (unpaired) electrons. The van der Waals surface area contributed by atoms with E-state index in [4.69, 9.17) is 4.98 Å². The number of nitrogens with zero attached hydrogens (tertiary/aromatic N) is 2. The summed E-state index contributed by atoms with van der Waals surface area (Å²) >= 11 is 3.20. The number of hydrogen-bond donors (Lipinski definition) is 0. The number of fused-ring (bicyclic) bond motifs is 1. The van der Waals surface area contributed by atoms with E-state index < -0.39 is 0 Å². The van der Waals surface area contributed by atoms with Gasteiger partial charge in [0.15, 0.2) is 0 Å². The molecule has 0 aliphatic carbocycles. The first-order chi connectivity index (χ1) is 12.7. The van der Waals surface area contributed by atoms with Crippen LogP contribution in [0.2, 0.25) is 0 Å². The van der Waals surface area contributed by atoms with Gasteiger partial charge in [-0.1, -0.05) is 60.3 Å². The number of hydrogen-bond acceptors (Lipinski definition) is 5. The smallest absolute Gasteiger partial charge is 0.267 e. The molecule has 1 atom stereocenters. The van der Waals surface area contributed by atoms with E-state index in [-0.39, 0.29) is 5.56 Å². The van der Waals surface area contributed by atoms with Crippen LogP contribution >= 0.6 is 23.1 Å². The number of benzene rings is 2. The first-order valence-electron chi connectivity index (χ1n) is 8.29. The average Bonchev–Trinajstić information content (AvgIpc) is 2.69. The lowest BCUT2D eigenvalue weighted by atomic mass is 10.2. The molecule has 0 amide bonds. The lowest BCUT2D eigenvalue weighted by Crippen LogP contribution is -2.06. The fraction of sp³-hybridized carbons (Fsp3) is 0.0952. The molecule has 0 spiro atoms. The fourth-order valence-electron chi connectivity index (χ4n) is 2.69. The Labute approximate surface area is 159 Å². The van der Waals surface area contributed by atoms with E-state index in [9.17, 15) is 4.79 Å². The zero-order valence-corrected chi connectivity index (χ0v) is 15.8. The van der Waals surface area contributed by atoms with Gasteiger partial charge in [-0.3, -0.25) is 4.79 Å². The summed E-state index contributed by atoms with van der Waals surface area (Å²) in [5.74, 6) is 0. The van der Waals surface area contributed by atoms with E-state index in [0.717, 1.165) is 15.4 Å². The summed E-state index contributed by atoms with van der Waals surface area (Å²) in [6.07, 6.45) is 0. The zero-order chi connectivity index (χ0) is 17.9. The van der Waals surface area contributed by atoms with Crippen LogP contribution in [0.15, 0.2) is 82.6 Å². The molecule has 0 saturated carbocycles. The van der Waals surface area contributed by atoms with Crippen molar-refractivity contribution in [3.05, 3.63) is 88.7 Å². The molecule has 128 valence electrons. The monoisotopic (exact) mass is 376 g/mol. The Bertz CT molecular complexity index is 1110. The Morgan fingerprint density at radius 2 is 1.65 bits per heavy atom. The standard InChI is InChI=1S/C21H16N2OS2/c1-14(15-8-3-2-4-9-15)25-19-13-7-11-17(22-19)21-23-20(24)16-10-5-6-12-18(16)26-21/h2-14H,1H3. The van der Waals surface area contributed by atoms with Crippen molar-refractivity contribution in [3.63, 3.8) is 0 Å². The highest BCUT2D eigenvalue weighted by molar-refractivity contribution is 7.99. The van der Waals surface area contributed by atoms with Crippen LogP contribution < -0.4 is 5.56 Å². The molecule has 4 aromatic rings. The van der Waals surface area contributed by atoms with Crippen LogP contribution in [0.25, 0.3) is 20.8 Å². The van der Waals surface area contributed by atoms with Crippen molar-refractivity contribution in [2.45, 2.75) is 17.2 Å². The predicted octanol–water partition coefficient (Wildman–Crippen LogP) is 5.57. The van der Waals surface area contributed by atoms with Crippen LogP contribution in [-0.4, -0.2) is 9.97 Å². The van der Waals surface area contributed by atoms with Crippen molar-refractivity contribution in [3.8, 4) is 10.7 Å². The van der Waals surface area contributed by atoms with Gasteiger partial charge < -0.3 is 0 Å². The van der Waals surface area contributed by atoms with E-state index >= 15 is 0 Å². The highest BCUT2D eigenvalue weighted by Crippen LogP contribution is 2.34. The summed E-state index contributed by atoms with van der Waals surface area (Å²) in [4.78, 5) is 21.3. The molecule has 2 heterocycles. The Morgan fingerprint density at radius 1 is 0.885 bits per heavy atom. The van der Waals surface area contributed by atoms with Gasteiger partial charge in [0.25, 0.3) is 5.56 Å². The Balaban J connectivity index is 1.67. The molecule has 0 saturated heterocycles. The second-order valence-electron chi connectivity index (χ2n) is 5.85. The number of aromatic nitrogens is 2. The summed E-state index contributed by atoms with van der Waals surface area (Å²) < 4.78 is 0.931. The molecule has 5 heteroatoms. The van der Waals surface area contributed by atoms with Crippen LogP contribution in [0.5, 0.6) is 0 Å². The fourth-order valence-corrected chi connectivity index (χ4v) is 4.62. The third-order valence-corrected chi connectivity index (χ3v) is 6.20. The highest BCUT2D eigenvalue weighted by Gasteiger charge is 2.11. The van der Waals surface area contributed by atoms with Crippen LogP contribution in [0, 0.1) is 0 Å². The predicted molar refractivity (Wildman–Crippen MR) is 110 cm³/mol. The molecule has 26 heavy (non-hydrogen) atoms. The van der Waals surface area contributed by atoms with E-state index in [0.29, 0.717) is 15.6 Å². The zero-order valence-electron chi connectivity index (χ0n) is 14.1. The van der Waals surface area contributed by atoms with Gasteiger partial charge in [-0.15, -0.1) is 11.3 Å². The van der Waals surface area contributed by atoms with Crippen LogP contribution in [0.3, 0.4) is 0 Å². The van der Waals surface area contributed by atoms with Gasteiger partial charge >= 0.3 is 0 Å². The van der Waals surface area contributed by atoms with Gasteiger partial charge in [0.05, 0.1) is 10.4 Å². The van der Waals surface area contributed by atoms with Gasteiger partial charge in [-0.05, 0) is 36.8 Å². The first-order valence-corrected chi connectivity index (χ1v) is 9.99. The molecule has 2 aromatic heterocycles. The molecule has 1 unspecified atom stereocenters. The lowest BCUT2D eigenvalue weighted by molar-refractivity contribution is 1.06. The van der Waals surface area contributed by atoms with Gasteiger partial charge in [-0.2, -0.15) is 4.98 Å². The normalized spacial score (nSPS) is 12.2. The van der Waals surface area contributed by atoms with E-state index in [1.807, 2.05) is 60.7 Å². The number of thioether (sulfide) groups is 1. The largest absolute Gasteiger partial charge is 0.279 e. The maximum Gasteiger partial charge on any atom is 0.279 e. The third-order valence-electron chi connectivity index (χ3n) is 4.04. The second kappa shape index (κ2) is 7.40. The molecule has 0 fully saturated rings. The number of pyridine rings is 1. The molecule has 0 bridgehead atoms. The SMILES string of the molecule is CC(Sc1cccc(-c2nc(=O)c3ccccc3s2)n1)c1ccccc1. The number of rotatable bonds is 4. The van der Waals surface area contributed by atoms with Gasteiger partial charge in [-0.25, -0.2) is 4.98 Å². The summed E-state index contributed by atoms with van der Waals surface area (Å²) in [6, 6.07) is 23.8. The molecule has 3 nitrogen and oxygen atoms in total. The topological polar surface area (TPSA) is 42.9 Å². The average molecular weight is 377 g/mol. The van der Waals surface area contributed by atoms with E-state index in [1.165, 1.54) is 16.9 Å². The van der Waals surface area contributed by atoms with Crippen LogP contribution in [0.1, 0.15) is 17.7 Å². The van der Waals surface area contributed by atoms with Gasteiger partial charge in [0, 0.05) is 9.95 Å². The van der Waals surface area contributed by atoms with Gasteiger partial charge in [0.2, 0.25) is 0 Å². The van der Waals surface area contributed by atoms with Crippen molar-refractivity contribution in [2.75, 3.05) is 0 Å².